The van der Waals surface area contributed by atoms with E-state index in [4.69, 9.17) is 4.74 Å². The summed E-state index contributed by atoms with van der Waals surface area (Å²) in [5, 5.41) is 3.55. The third-order valence-electron chi connectivity index (χ3n) is 2.92. The largest absolute Gasteiger partial charge is 0.381 e. The Morgan fingerprint density at radius 3 is 3.00 bits per heavy atom. The van der Waals surface area contributed by atoms with Gasteiger partial charge in [-0.3, -0.25) is 0 Å². The highest BCUT2D eigenvalue weighted by molar-refractivity contribution is 4.91. The molecule has 0 spiro atoms. The Morgan fingerprint density at radius 1 is 1.53 bits per heavy atom. The molecular weight excluding hydrogens is 190 g/mol. The quantitative estimate of drug-likeness (QED) is 0.794. The maximum absolute atomic E-state index is 5.31. The van der Waals surface area contributed by atoms with Crippen LogP contribution >= 0.6 is 0 Å². The van der Waals surface area contributed by atoms with E-state index >= 15 is 0 Å². The minimum absolute atomic E-state index is 0.638. The van der Waals surface area contributed by atoms with Crippen molar-refractivity contribution in [2.24, 2.45) is 7.05 Å². The molecule has 4 nitrogen and oxygen atoms in total. The summed E-state index contributed by atoms with van der Waals surface area (Å²) < 4.78 is 7.39. The maximum atomic E-state index is 5.31. The van der Waals surface area contributed by atoms with Crippen LogP contribution in [-0.4, -0.2) is 35.4 Å². The zero-order chi connectivity index (χ0) is 10.5. The number of aryl methyl sites for hydroxylation is 1. The Bertz CT molecular complexity index is 292. The van der Waals surface area contributed by atoms with Crippen molar-refractivity contribution in [2.45, 2.75) is 25.3 Å². The minimum Gasteiger partial charge on any atom is -0.381 e. The molecule has 2 heterocycles. The van der Waals surface area contributed by atoms with Crippen molar-refractivity contribution in [3.8, 4) is 0 Å². The number of rotatable bonds is 4. The van der Waals surface area contributed by atoms with Crippen LogP contribution in [-0.2, 0) is 18.2 Å². The number of imidazole rings is 1. The molecular formula is C11H19N3O. The van der Waals surface area contributed by atoms with E-state index in [1.165, 1.54) is 0 Å². The van der Waals surface area contributed by atoms with Gasteiger partial charge in [0.2, 0.25) is 0 Å². The van der Waals surface area contributed by atoms with Crippen LogP contribution in [0.5, 0.6) is 0 Å². The van der Waals surface area contributed by atoms with Gasteiger partial charge in [-0.15, -0.1) is 0 Å². The highest BCUT2D eigenvalue weighted by atomic mass is 16.5. The molecule has 1 saturated heterocycles. The van der Waals surface area contributed by atoms with E-state index in [0.29, 0.717) is 6.04 Å². The first-order valence-corrected chi connectivity index (χ1v) is 5.63. The SMILES string of the molecule is Cn1ccnc1CCNC1CCOCC1. The third-order valence-corrected chi connectivity index (χ3v) is 2.92. The van der Waals surface area contributed by atoms with Crippen molar-refractivity contribution >= 4 is 0 Å². The fraction of sp³-hybridized carbons (Fsp3) is 0.727. The molecule has 0 unspecified atom stereocenters. The summed E-state index contributed by atoms with van der Waals surface area (Å²) in [5.41, 5.74) is 0. The van der Waals surface area contributed by atoms with Crippen molar-refractivity contribution in [1.82, 2.24) is 14.9 Å². The fourth-order valence-electron chi connectivity index (χ4n) is 1.93. The molecule has 2 rings (SSSR count). The van der Waals surface area contributed by atoms with Crippen LogP contribution in [0.1, 0.15) is 18.7 Å². The van der Waals surface area contributed by atoms with Crippen molar-refractivity contribution < 1.29 is 4.74 Å². The maximum Gasteiger partial charge on any atom is 0.109 e. The molecule has 1 aromatic heterocycles. The second-order valence-corrected chi connectivity index (χ2v) is 4.05. The van der Waals surface area contributed by atoms with Gasteiger partial charge in [0.05, 0.1) is 0 Å². The van der Waals surface area contributed by atoms with Gasteiger partial charge in [0.25, 0.3) is 0 Å². The smallest absolute Gasteiger partial charge is 0.109 e. The third kappa shape index (κ3) is 3.04. The average molecular weight is 209 g/mol. The lowest BCUT2D eigenvalue weighted by atomic mass is 10.1. The Morgan fingerprint density at radius 2 is 2.33 bits per heavy atom. The second-order valence-electron chi connectivity index (χ2n) is 4.05. The van der Waals surface area contributed by atoms with Crippen LogP contribution in [0.25, 0.3) is 0 Å². The lowest BCUT2D eigenvalue weighted by molar-refractivity contribution is 0.0781. The molecule has 1 aliphatic heterocycles. The Kier molecular flexibility index (Phi) is 3.75. The molecule has 0 radical (unpaired) electrons. The van der Waals surface area contributed by atoms with E-state index in [-0.39, 0.29) is 0 Å². The Labute approximate surface area is 90.6 Å². The molecule has 0 saturated carbocycles. The molecule has 0 amide bonds. The van der Waals surface area contributed by atoms with Gasteiger partial charge in [0.1, 0.15) is 5.82 Å². The van der Waals surface area contributed by atoms with E-state index in [2.05, 4.69) is 14.9 Å². The highest BCUT2D eigenvalue weighted by Crippen LogP contribution is 2.06. The van der Waals surface area contributed by atoms with Crippen molar-refractivity contribution in [3.63, 3.8) is 0 Å². The summed E-state index contributed by atoms with van der Waals surface area (Å²) in [6.07, 6.45) is 7.12. The first-order chi connectivity index (χ1) is 7.36. The molecule has 1 aromatic rings. The summed E-state index contributed by atoms with van der Waals surface area (Å²) in [6, 6.07) is 0.638. The van der Waals surface area contributed by atoms with Crippen LogP contribution in [0.2, 0.25) is 0 Å². The number of nitrogens with zero attached hydrogens (tertiary/aromatic N) is 2. The van der Waals surface area contributed by atoms with Gasteiger partial charge in [-0.1, -0.05) is 0 Å². The van der Waals surface area contributed by atoms with E-state index < -0.39 is 0 Å². The molecule has 1 N–H and O–H groups in total. The second kappa shape index (κ2) is 5.28. The summed E-state index contributed by atoms with van der Waals surface area (Å²) >= 11 is 0. The van der Waals surface area contributed by atoms with Gasteiger partial charge in [0, 0.05) is 51.7 Å². The predicted octanol–water partition coefficient (Wildman–Crippen LogP) is 0.731. The van der Waals surface area contributed by atoms with E-state index in [1.807, 2.05) is 19.4 Å². The Hall–Kier alpha value is -0.870. The standard InChI is InChI=1S/C11H19N3O/c1-14-7-6-13-11(14)2-5-12-10-3-8-15-9-4-10/h6-7,10,12H,2-5,8-9H2,1H3. The fourth-order valence-corrected chi connectivity index (χ4v) is 1.93. The van der Waals surface area contributed by atoms with Crippen molar-refractivity contribution in [3.05, 3.63) is 18.2 Å². The average Bonchev–Trinajstić information content (AvgIpc) is 2.66. The van der Waals surface area contributed by atoms with Gasteiger partial charge in [0.15, 0.2) is 0 Å². The summed E-state index contributed by atoms with van der Waals surface area (Å²) in [7, 11) is 2.04. The summed E-state index contributed by atoms with van der Waals surface area (Å²) in [5.74, 6) is 1.15. The summed E-state index contributed by atoms with van der Waals surface area (Å²) in [6.45, 7) is 2.82. The number of hydrogen-bond acceptors (Lipinski definition) is 3. The van der Waals surface area contributed by atoms with Gasteiger partial charge in [-0.2, -0.15) is 0 Å². The monoisotopic (exact) mass is 209 g/mol. The first kappa shape index (κ1) is 10.6. The Balaban J connectivity index is 1.68. The van der Waals surface area contributed by atoms with Gasteiger partial charge in [-0.05, 0) is 12.8 Å². The highest BCUT2D eigenvalue weighted by Gasteiger charge is 2.12. The molecule has 0 aromatic carbocycles. The molecule has 1 aliphatic rings. The first-order valence-electron chi connectivity index (χ1n) is 5.63. The van der Waals surface area contributed by atoms with Crippen LogP contribution in [0.3, 0.4) is 0 Å². The molecule has 0 bridgehead atoms. The minimum atomic E-state index is 0.638. The zero-order valence-electron chi connectivity index (χ0n) is 9.28. The lowest BCUT2D eigenvalue weighted by Crippen LogP contribution is -2.36. The molecule has 84 valence electrons. The molecule has 4 heteroatoms. The molecule has 0 aliphatic carbocycles. The van der Waals surface area contributed by atoms with E-state index in [0.717, 1.165) is 44.8 Å². The van der Waals surface area contributed by atoms with Crippen LogP contribution in [0, 0.1) is 0 Å². The molecule has 1 fully saturated rings. The van der Waals surface area contributed by atoms with Gasteiger partial charge in [-0.25, -0.2) is 4.98 Å². The van der Waals surface area contributed by atoms with Crippen molar-refractivity contribution in [2.75, 3.05) is 19.8 Å². The lowest BCUT2D eigenvalue weighted by Gasteiger charge is -2.23. The molecule has 0 atom stereocenters. The van der Waals surface area contributed by atoms with E-state index in [1.54, 1.807) is 0 Å². The van der Waals surface area contributed by atoms with Gasteiger partial charge >= 0.3 is 0 Å². The van der Waals surface area contributed by atoms with Crippen LogP contribution in [0.15, 0.2) is 12.4 Å². The van der Waals surface area contributed by atoms with Crippen molar-refractivity contribution in [1.29, 1.82) is 0 Å². The number of nitrogens with one attached hydrogen (secondary N) is 1. The topological polar surface area (TPSA) is 39.1 Å². The zero-order valence-corrected chi connectivity index (χ0v) is 9.28. The molecule has 15 heavy (non-hydrogen) atoms. The predicted molar refractivity (Wildman–Crippen MR) is 58.8 cm³/mol. The van der Waals surface area contributed by atoms with E-state index in [9.17, 15) is 0 Å². The summed E-state index contributed by atoms with van der Waals surface area (Å²) in [4.78, 5) is 4.30. The van der Waals surface area contributed by atoms with Crippen LogP contribution < -0.4 is 5.32 Å². The number of aromatic nitrogens is 2. The number of hydrogen-bond donors (Lipinski definition) is 1. The normalized spacial score (nSPS) is 18.2. The number of ether oxygens (including phenoxy) is 1. The van der Waals surface area contributed by atoms with Gasteiger partial charge < -0.3 is 14.6 Å². The van der Waals surface area contributed by atoms with Crippen LogP contribution in [0.4, 0.5) is 0 Å².